The first-order chi connectivity index (χ1) is 16.2. The molecule has 8 heteroatoms. The fourth-order valence-corrected chi connectivity index (χ4v) is 4.33. The van der Waals surface area contributed by atoms with Crippen molar-refractivity contribution >= 4 is 17.5 Å². The van der Waals surface area contributed by atoms with Gasteiger partial charge in [0.05, 0.1) is 12.2 Å². The molecule has 0 N–H and O–H groups in total. The average Bonchev–Trinajstić information content (AvgIpc) is 3.36. The molecule has 1 aromatic heterocycles. The van der Waals surface area contributed by atoms with Crippen LogP contribution in [0.3, 0.4) is 0 Å². The summed E-state index contributed by atoms with van der Waals surface area (Å²) in [5, 5.41) is 4.02. The topological polar surface area (TPSA) is 88.8 Å². The summed E-state index contributed by atoms with van der Waals surface area (Å²) in [5.41, 5.74) is 1.54. The number of hydrogen-bond acceptors (Lipinski definition) is 6. The van der Waals surface area contributed by atoms with Crippen molar-refractivity contribution in [2.24, 2.45) is 0 Å². The molecular formula is C25H26N4O4. The van der Waals surface area contributed by atoms with Crippen molar-refractivity contribution in [1.82, 2.24) is 15.0 Å². The zero-order valence-electron chi connectivity index (χ0n) is 18.4. The van der Waals surface area contributed by atoms with E-state index in [4.69, 9.17) is 9.26 Å². The predicted molar refractivity (Wildman–Crippen MR) is 122 cm³/mol. The number of para-hydroxylation sites is 2. The molecule has 0 radical (unpaired) electrons. The zero-order chi connectivity index (χ0) is 22.6. The number of rotatable bonds is 5. The maximum Gasteiger partial charge on any atom is 0.265 e. The van der Waals surface area contributed by atoms with Gasteiger partial charge in [-0.05, 0) is 31.4 Å². The fraction of sp³-hybridized carbons (Fsp3) is 0.360. The van der Waals surface area contributed by atoms with Crippen LogP contribution in [0.2, 0.25) is 0 Å². The van der Waals surface area contributed by atoms with Gasteiger partial charge in [0.1, 0.15) is 5.75 Å². The first-order valence-electron chi connectivity index (χ1n) is 11.4. The summed E-state index contributed by atoms with van der Waals surface area (Å²) in [6.07, 6.45) is 2.97. The predicted octanol–water partition coefficient (Wildman–Crippen LogP) is 3.48. The summed E-state index contributed by atoms with van der Waals surface area (Å²) >= 11 is 0. The summed E-state index contributed by atoms with van der Waals surface area (Å²) in [4.78, 5) is 34.2. The number of hydrogen-bond donors (Lipinski definition) is 0. The highest BCUT2D eigenvalue weighted by molar-refractivity contribution is 5.97. The van der Waals surface area contributed by atoms with Crippen LogP contribution in [0.5, 0.6) is 5.75 Å². The third kappa shape index (κ3) is 4.60. The van der Waals surface area contributed by atoms with Crippen LogP contribution >= 0.6 is 0 Å². The number of amides is 2. The van der Waals surface area contributed by atoms with Gasteiger partial charge in [-0.1, -0.05) is 47.6 Å². The summed E-state index contributed by atoms with van der Waals surface area (Å²) in [6.45, 7) is 1.69. The van der Waals surface area contributed by atoms with Crippen LogP contribution in [0.4, 0.5) is 5.69 Å². The number of ether oxygens (including phenoxy) is 1. The molecule has 8 nitrogen and oxygen atoms in total. The number of carbonyl (C=O) groups is 2. The Kier molecular flexibility index (Phi) is 6.06. The number of fused-ring (bicyclic) bond motifs is 1. The molecule has 5 rings (SSSR count). The molecule has 3 aromatic rings. The van der Waals surface area contributed by atoms with Crippen LogP contribution in [0.25, 0.3) is 11.4 Å². The van der Waals surface area contributed by atoms with E-state index in [2.05, 4.69) is 10.1 Å². The molecule has 0 aliphatic carbocycles. The highest BCUT2D eigenvalue weighted by atomic mass is 16.5. The lowest BCUT2D eigenvalue weighted by molar-refractivity contribution is -0.139. The van der Waals surface area contributed by atoms with Gasteiger partial charge in [0.15, 0.2) is 6.10 Å². The van der Waals surface area contributed by atoms with E-state index in [0.29, 0.717) is 29.6 Å². The van der Waals surface area contributed by atoms with E-state index >= 15 is 0 Å². The third-order valence-corrected chi connectivity index (χ3v) is 6.07. The Hall–Kier alpha value is -3.68. The van der Waals surface area contributed by atoms with Gasteiger partial charge in [-0.25, -0.2) is 0 Å². The molecule has 3 heterocycles. The number of aromatic nitrogens is 2. The Bertz CT molecular complexity index is 1120. The van der Waals surface area contributed by atoms with E-state index in [1.807, 2.05) is 53.4 Å². The largest absolute Gasteiger partial charge is 0.476 e. The van der Waals surface area contributed by atoms with Crippen LogP contribution in [0, 0.1) is 0 Å². The van der Waals surface area contributed by atoms with E-state index in [9.17, 15) is 9.59 Å². The quantitative estimate of drug-likeness (QED) is 0.596. The van der Waals surface area contributed by atoms with Crippen LogP contribution in [-0.4, -0.2) is 52.6 Å². The van der Waals surface area contributed by atoms with Crippen LogP contribution < -0.4 is 9.64 Å². The second kappa shape index (κ2) is 9.44. The minimum atomic E-state index is -0.699. The van der Waals surface area contributed by atoms with Gasteiger partial charge in [-0.15, -0.1) is 0 Å². The maximum atomic E-state index is 13.2. The Balaban J connectivity index is 1.28. The molecule has 2 aromatic carbocycles. The molecule has 2 amide bonds. The number of aryl methyl sites for hydroxylation is 1. The highest BCUT2D eigenvalue weighted by Crippen LogP contribution is 2.34. The molecule has 0 spiro atoms. The first kappa shape index (κ1) is 21.2. The van der Waals surface area contributed by atoms with E-state index in [0.717, 1.165) is 37.9 Å². The summed E-state index contributed by atoms with van der Waals surface area (Å²) in [6, 6.07) is 16.9. The molecule has 0 bridgehead atoms. The van der Waals surface area contributed by atoms with Gasteiger partial charge in [0.25, 0.3) is 5.91 Å². The number of carbonyl (C=O) groups excluding carboxylic acids is 2. The van der Waals surface area contributed by atoms with Gasteiger partial charge in [-0.2, -0.15) is 4.98 Å². The van der Waals surface area contributed by atoms with Gasteiger partial charge in [-0.3, -0.25) is 9.59 Å². The normalized spacial score (nSPS) is 17.9. The molecule has 1 fully saturated rings. The standard InChI is InChI=1S/C25H26N4O4/c30-23(14-13-22-26-24(27-33-22)18-9-3-1-4-10-18)29-17-21(25(31)28-15-7-2-8-16-28)32-20-12-6-5-11-19(20)29/h1,3-6,9-12,21H,2,7-8,13-17H2/t21-/m1/s1. The molecular weight excluding hydrogens is 420 g/mol. The van der Waals surface area contributed by atoms with Crippen molar-refractivity contribution in [3.8, 4) is 17.1 Å². The lowest BCUT2D eigenvalue weighted by Crippen LogP contribution is -2.52. The highest BCUT2D eigenvalue weighted by Gasteiger charge is 2.36. The van der Waals surface area contributed by atoms with E-state index in [1.54, 1.807) is 11.0 Å². The molecule has 0 saturated carbocycles. The molecule has 1 saturated heterocycles. The number of anilines is 1. The molecule has 0 unspecified atom stereocenters. The van der Waals surface area contributed by atoms with Crippen LogP contribution in [0.1, 0.15) is 31.6 Å². The molecule has 2 aliphatic rings. The fourth-order valence-electron chi connectivity index (χ4n) is 4.33. The summed E-state index contributed by atoms with van der Waals surface area (Å²) in [5.74, 6) is 1.30. The minimum absolute atomic E-state index is 0.0496. The van der Waals surface area contributed by atoms with Crippen molar-refractivity contribution in [2.45, 2.75) is 38.2 Å². The molecule has 2 aliphatic heterocycles. The number of benzene rings is 2. The number of likely N-dealkylation sites (tertiary alicyclic amines) is 1. The Morgan fingerprint density at radius 3 is 2.55 bits per heavy atom. The Morgan fingerprint density at radius 1 is 0.970 bits per heavy atom. The second-order valence-electron chi connectivity index (χ2n) is 8.34. The van der Waals surface area contributed by atoms with E-state index in [1.165, 1.54) is 0 Å². The number of nitrogens with zero attached hydrogens (tertiary/aromatic N) is 4. The van der Waals surface area contributed by atoms with Crippen molar-refractivity contribution < 1.29 is 18.8 Å². The molecule has 1 atom stereocenters. The van der Waals surface area contributed by atoms with Crippen molar-refractivity contribution in [1.29, 1.82) is 0 Å². The van der Waals surface area contributed by atoms with Crippen molar-refractivity contribution in [3.05, 3.63) is 60.5 Å². The average molecular weight is 447 g/mol. The smallest absolute Gasteiger partial charge is 0.265 e. The Labute approximate surface area is 192 Å². The van der Waals surface area contributed by atoms with Gasteiger partial charge < -0.3 is 19.1 Å². The van der Waals surface area contributed by atoms with Crippen LogP contribution in [-0.2, 0) is 16.0 Å². The lowest BCUT2D eigenvalue weighted by atomic mass is 10.1. The van der Waals surface area contributed by atoms with Crippen molar-refractivity contribution in [3.63, 3.8) is 0 Å². The van der Waals surface area contributed by atoms with E-state index < -0.39 is 6.10 Å². The lowest BCUT2D eigenvalue weighted by Gasteiger charge is -2.37. The zero-order valence-corrected chi connectivity index (χ0v) is 18.4. The summed E-state index contributed by atoms with van der Waals surface area (Å²) < 4.78 is 11.4. The molecule has 170 valence electrons. The summed E-state index contributed by atoms with van der Waals surface area (Å²) in [7, 11) is 0. The van der Waals surface area contributed by atoms with Crippen LogP contribution in [0.15, 0.2) is 59.1 Å². The SMILES string of the molecule is O=C([C@H]1CN(C(=O)CCc2nc(-c3ccccc3)no2)c2ccccc2O1)N1CCCCC1. The maximum absolute atomic E-state index is 13.2. The van der Waals surface area contributed by atoms with Crippen molar-refractivity contribution in [2.75, 3.05) is 24.5 Å². The second-order valence-corrected chi connectivity index (χ2v) is 8.34. The number of piperidine rings is 1. The Morgan fingerprint density at radius 2 is 1.73 bits per heavy atom. The van der Waals surface area contributed by atoms with Gasteiger partial charge in [0, 0.05) is 31.5 Å². The monoisotopic (exact) mass is 446 g/mol. The molecule has 33 heavy (non-hydrogen) atoms. The first-order valence-corrected chi connectivity index (χ1v) is 11.4. The van der Waals surface area contributed by atoms with Gasteiger partial charge >= 0.3 is 0 Å². The van der Waals surface area contributed by atoms with E-state index in [-0.39, 0.29) is 24.8 Å². The minimum Gasteiger partial charge on any atom is -0.476 e. The van der Waals surface area contributed by atoms with Gasteiger partial charge in [0.2, 0.25) is 17.6 Å². The third-order valence-electron chi connectivity index (χ3n) is 6.07.